The van der Waals surface area contributed by atoms with Crippen LogP contribution >= 0.6 is 0 Å². The number of hydrogen-bond donors (Lipinski definition) is 2. The van der Waals surface area contributed by atoms with Crippen molar-refractivity contribution in [1.82, 2.24) is 5.32 Å². The number of nitrogens with one attached hydrogen (secondary N) is 1. The van der Waals surface area contributed by atoms with Crippen molar-refractivity contribution in [3.63, 3.8) is 0 Å². The average molecular weight is 307 g/mol. The van der Waals surface area contributed by atoms with E-state index in [0.29, 0.717) is 44.1 Å². The number of amides is 1. The molecule has 1 saturated heterocycles. The first kappa shape index (κ1) is 15.2. The first-order valence-electron chi connectivity index (χ1n) is 7.77. The number of halogens is 1. The van der Waals surface area contributed by atoms with Crippen LogP contribution in [0.2, 0.25) is 0 Å². The van der Waals surface area contributed by atoms with Gasteiger partial charge in [0.05, 0.1) is 18.9 Å². The third-order valence-corrected chi connectivity index (χ3v) is 4.36. The van der Waals surface area contributed by atoms with Crippen LogP contribution in [0.5, 0.6) is 0 Å². The summed E-state index contributed by atoms with van der Waals surface area (Å²) in [5.74, 6) is -0.622. The van der Waals surface area contributed by atoms with Crippen molar-refractivity contribution in [2.75, 3.05) is 37.7 Å². The molecule has 1 saturated carbocycles. The van der Waals surface area contributed by atoms with Gasteiger partial charge in [-0.2, -0.15) is 0 Å². The maximum Gasteiger partial charge on any atom is 0.251 e. The second-order valence-electron chi connectivity index (χ2n) is 6.13. The van der Waals surface area contributed by atoms with Gasteiger partial charge < -0.3 is 20.7 Å². The Morgan fingerprint density at radius 2 is 2.09 bits per heavy atom. The monoisotopic (exact) mass is 307 g/mol. The molecule has 3 N–H and O–H groups in total. The lowest BCUT2D eigenvalue weighted by Gasteiger charge is -2.29. The van der Waals surface area contributed by atoms with Gasteiger partial charge in [0.25, 0.3) is 5.91 Å². The van der Waals surface area contributed by atoms with Crippen molar-refractivity contribution >= 4 is 11.6 Å². The number of ether oxygens (including phenoxy) is 1. The molecule has 1 aliphatic heterocycles. The van der Waals surface area contributed by atoms with Crippen molar-refractivity contribution < 1.29 is 13.9 Å². The summed E-state index contributed by atoms with van der Waals surface area (Å²) in [6, 6.07) is 4.63. The number of carbonyl (C=O) groups excluding carboxylic acids is 1. The molecule has 120 valence electrons. The van der Waals surface area contributed by atoms with E-state index in [-0.39, 0.29) is 17.3 Å². The Morgan fingerprint density at radius 3 is 2.73 bits per heavy atom. The zero-order valence-corrected chi connectivity index (χ0v) is 12.6. The van der Waals surface area contributed by atoms with Crippen LogP contribution in [-0.4, -0.2) is 44.3 Å². The van der Waals surface area contributed by atoms with Crippen LogP contribution in [0.1, 0.15) is 29.6 Å². The number of carbonyl (C=O) groups is 1. The summed E-state index contributed by atoms with van der Waals surface area (Å²) in [5, 5.41) is 2.80. The maximum atomic E-state index is 14.2. The molecular weight excluding hydrogens is 285 g/mol. The molecule has 0 unspecified atom stereocenters. The van der Waals surface area contributed by atoms with Crippen molar-refractivity contribution in [2.24, 2.45) is 5.73 Å². The van der Waals surface area contributed by atoms with Gasteiger partial charge in [-0.3, -0.25) is 4.79 Å². The molecule has 1 heterocycles. The number of morpholine rings is 1. The van der Waals surface area contributed by atoms with Crippen LogP contribution < -0.4 is 16.0 Å². The number of rotatable bonds is 5. The van der Waals surface area contributed by atoms with E-state index < -0.39 is 0 Å². The fraction of sp³-hybridized carbons (Fsp3) is 0.562. The molecule has 2 fully saturated rings. The van der Waals surface area contributed by atoms with Crippen LogP contribution in [0.25, 0.3) is 0 Å². The van der Waals surface area contributed by atoms with E-state index >= 15 is 0 Å². The van der Waals surface area contributed by atoms with Crippen LogP contribution in [-0.2, 0) is 4.74 Å². The summed E-state index contributed by atoms with van der Waals surface area (Å²) in [4.78, 5) is 14.0. The molecule has 1 aromatic rings. The van der Waals surface area contributed by atoms with Gasteiger partial charge in [-0.15, -0.1) is 0 Å². The first-order chi connectivity index (χ1) is 10.6. The molecule has 0 bridgehead atoms. The van der Waals surface area contributed by atoms with Crippen LogP contribution in [0.4, 0.5) is 10.1 Å². The van der Waals surface area contributed by atoms with Crippen LogP contribution in [0, 0.1) is 5.82 Å². The Balaban J connectivity index is 1.59. The predicted molar refractivity (Wildman–Crippen MR) is 82.5 cm³/mol. The molecule has 6 heteroatoms. The van der Waals surface area contributed by atoms with E-state index in [1.807, 2.05) is 4.90 Å². The highest BCUT2D eigenvalue weighted by Crippen LogP contribution is 2.34. The Labute approximate surface area is 129 Å². The van der Waals surface area contributed by atoms with Gasteiger partial charge in [-0.25, -0.2) is 4.39 Å². The lowest BCUT2D eigenvalue weighted by molar-refractivity contribution is 0.0952. The summed E-state index contributed by atoms with van der Waals surface area (Å²) in [7, 11) is 0. The quantitative estimate of drug-likeness (QED) is 0.860. The highest BCUT2D eigenvalue weighted by Gasteiger charge is 2.37. The minimum atomic E-state index is -0.368. The van der Waals surface area contributed by atoms with Gasteiger partial charge in [0.15, 0.2) is 0 Å². The Morgan fingerprint density at radius 1 is 1.36 bits per heavy atom. The largest absolute Gasteiger partial charge is 0.378 e. The molecule has 3 rings (SSSR count). The molecule has 2 aliphatic rings. The first-order valence-corrected chi connectivity index (χ1v) is 7.77. The summed E-state index contributed by atoms with van der Waals surface area (Å²) in [6.45, 7) is 3.06. The molecule has 1 aromatic carbocycles. The topological polar surface area (TPSA) is 67.6 Å². The van der Waals surface area contributed by atoms with Gasteiger partial charge in [-0.1, -0.05) is 0 Å². The Kier molecular flexibility index (Phi) is 4.31. The van der Waals surface area contributed by atoms with Crippen molar-refractivity contribution in [1.29, 1.82) is 0 Å². The fourth-order valence-corrected chi connectivity index (χ4v) is 2.65. The number of benzene rings is 1. The molecule has 1 aliphatic carbocycles. The Bertz CT molecular complexity index is 554. The van der Waals surface area contributed by atoms with E-state index in [1.54, 1.807) is 12.1 Å². The van der Waals surface area contributed by atoms with Gasteiger partial charge in [0.2, 0.25) is 0 Å². The van der Waals surface area contributed by atoms with E-state index in [4.69, 9.17) is 10.5 Å². The van der Waals surface area contributed by atoms with Crippen LogP contribution in [0.15, 0.2) is 18.2 Å². The lowest BCUT2D eigenvalue weighted by Crippen LogP contribution is -2.36. The lowest BCUT2D eigenvalue weighted by atomic mass is 10.1. The highest BCUT2D eigenvalue weighted by atomic mass is 19.1. The number of nitrogens with zero attached hydrogens (tertiary/aromatic N) is 1. The molecule has 0 aromatic heterocycles. The zero-order valence-electron chi connectivity index (χ0n) is 12.6. The smallest absolute Gasteiger partial charge is 0.251 e. The second kappa shape index (κ2) is 6.22. The molecular formula is C16H22FN3O2. The number of nitrogens with two attached hydrogens (primary N) is 1. The normalized spacial score (nSPS) is 19.8. The minimum Gasteiger partial charge on any atom is -0.378 e. The summed E-state index contributed by atoms with van der Waals surface area (Å²) >= 11 is 0. The summed E-state index contributed by atoms with van der Waals surface area (Å²) in [5.41, 5.74) is 6.76. The molecule has 5 nitrogen and oxygen atoms in total. The van der Waals surface area contributed by atoms with Gasteiger partial charge in [0, 0.05) is 30.7 Å². The Hall–Kier alpha value is -1.66. The van der Waals surface area contributed by atoms with E-state index in [1.165, 1.54) is 6.07 Å². The predicted octanol–water partition coefficient (Wildman–Crippen LogP) is 1.27. The van der Waals surface area contributed by atoms with Crippen molar-refractivity contribution in [3.8, 4) is 0 Å². The zero-order chi connectivity index (χ0) is 15.6. The SMILES string of the molecule is NC1(CCNC(=O)c2ccc(N3CCOCC3)c(F)c2)CC1. The number of anilines is 1. The third kappa shape index (κ3) is 3.56. The molecule has 0 radical (unpaired) electrons. The van der Waals surface area contributed by atoms with Crippen molar-refractivity contribution in [2.45, 2.75) is 24.8 Å². The second-order valence-corrected chi connectivity index (χ2v) is 6.13. The molecule has 0 spiro atoms. The summed E-state index contributed by atoms with van der Waals surface area (Å²) < 4.78 is 19.5. The number of hydrogen-bond acceptors (Lipinski definition) is 4. The average Bonchev–Trinajstić information content (AvgIpc) is 3.25. The van der Waals surface area contributed by atoms with Gasteiger partial charge >= 0.3 is 0 Å². The van der Waals surface area contributed by atoms with E-state index in [2.05, 4.69) is 5.32 Å². The fourth-order valence-electron chi connectivity index (χ4n) is 2.65. The molecule has 0 atom stereocenters. The minimum absolute atomic E-state index is 0.0846. The van der Waals surface area contributed by atoms with Crippen LogP contribution in [0.3, 0.4) is 0 Å². The highest BCUT2D eigenvalue weighted by molar-refractivity contribution is 5.94. The standard InChI is InChI=1S/C16H22FN3O2/c17-13-11-12(15(21)19-6-5-16(18)3-4-16)1-2-14(13)20-7-9-22-10-8-20/h1-2,11H,3-10,18H2,(H,19,21). The van der Waals surface area contributed by atoms with E-state index in [9.17, 15) is 9.18 Å². The van der Waals surface area contributed by atoms with E-state index in [0.717, 1.165) is 19.3 Å². The summed E-state index contributed by atoms with van der Waals surface area (Å²) in [6.07, 6.45) is 2.81. The molecule has 1 amide bonds. The third-order valence-electron chi connectivity index (χ3n) is 4.36. The van der Waals surface area contributed by atoms with Gasteiger partial charge in [0.1, 0.15) is 5.82 Å². The van der Waals surface area contributed by atoms with Crippen molar-refractivity contribution in [3.05, 3.63) is 29.6 Å². The maximum absolute atomic E-state index is 14.2. The molecule has 22 heavy (non-hydrogen) atoms. The van der Waals surface area contributed by atoms with Gasteiger partial charge in [-0.05, 0) is 37.5 Å².